The van der Waals surface area contributed by atoms with Gasteiger partial charge in [0.2, 0.25) is 6.71 Å². The average molecular weight is 234 g/mol. The summed E-state index contributed by atoms with van der Waals surface area (Å²) in [6.45, 7) is 6.55. The van der Waals surface area contributed by atoms with E-state index in [0.717, 1.165) is 12.7 Å². The molecule has 2 aromatic carbocycles. The molecule has 0 fully saturated rings. The van der Waals surface area contributed by atoms with Crippen LogP contribution in [0.3, 0.4) is 0 Å². The van der Waals surface area contributed by atoms with E-state index in [1.165, 1.54) is 16.5 Å². The average Bonchev–Trinajstić information content (AvgIpc) is 2.46. The lowest BCUT2D eigenvalue weighted by atomic mass is 9.38. The van der Waals surface area contributed by atoms with Crippen LogP contribution >= 0.6 is 0 Å². The van der Waals surface area contributed by atoms with Gasteiger partial charge in [-0.05, 0) is 12.7 Å². The van der Waals surface area contributed by atoms with Crippen LogP contribution in [0, 0.1) is 0 Å². The van der Waals surface area contributed by atoms with E-state index in [9.17, 15) is 0 Å². The fourth-order valence-electron chi connectivity index (χ4n) is 2.49. The number of aryl methyl sites for hydroxylation is 1. The second-order valence-corrected chi connectivity index (χ2v) is 4.54. The molecule has 1 heteroatoms. The fraction of sp³-hybridized carbons (Fsp3) is 0.176. The Bertz CT molecular complexity index is 502. The third kappa shape index (κ3) is 2.73. The molecule has 0 atom stereocenters. The highest BCUT2D eigenvalue weighted by atomic mass is 14.0. The van der Waals surface area contributed by atoms with Gasteiger partial charge in [0.05, 0.1) is 0 Å². The normalized spacial score (nSPS) is 10.1. The van der Waals surface area contributed by atoms with Gasteiger partial charge in [-0.15, -0.1) is 6.58 Å². The van der Waals surface area contributed by atoms with Crippen LogP contribution in [0.2, 0.25) is 6.32 Å². The van der Waals surface area contributed by atoms with Gasteiger partial charge in [0.1, 0.15) is 0 Å². The van der Waals surface area contributed by atoms with Crippen LogP contribution in [0.4, 0.5) is 0 Å². The summed E-state index contributed by atoms with van der Waals surface area (Å²) in [5.41, 5.74) is 4.25. The summed E-state index contributed by atoms with van der Waals surface area (Å²) in [6, 6.07) is 19.4. The summed E-state index contributed by atoms with van der Waals surface area (Å²) >= 11 is 0. The van der Waals surface area contributed by atoms with E-state index in [-0.39, 0.29) is 0 Å². The van der Waals surface area contributed by atoms with Gasteiger partial charge < -0.3 is 0 Å². The van der Waals surface area contributed by atoms with Crippen molar-refractivity contribution in [1.29, 1.82) is 0 Å². The molecule has 0 saturated carbocycles. The Balaban J connectivity index is 2.44. The Kier molecular flexibility index (Phi) is 4.41. The maximum absolute atomic E-state index is 3.91. The molecule has 2 aromatic rings. The smallest absolute Gasteiger partial charge is 0.104 e. The predicted molar refractivity (Wildman–Crippen MR) is 82.3 cm³/mol. The molecule has 0 unspecified atom stereocenters. The largest absolute Gasteiger partial charge is 0.213 e. The standard InChI is InChI=1S/C17H19B/c1-3-14-18(16-11-6-5-7-12-16)17-13-9-8-10-15(17)4-2/h3,5-13H,1,4,14H2,2H3. The number of rotatable bonds is 5. The van der Waals surface area contributed by atoms with E-state index in [4.69, 9.17) is 0 Å². The Hall–Kier alpha value is -1.76. The van der Waals surface area contributed by atoms with Crippen LogP contribution in [-0.4, -0.2) is 6.71 Å². The topological polar surface area (TPSA) is 0 Å². The Morgan fingerprint density at radius 2 is 1.67 bits per heavy atom. The van der Waals surface area contributed by atoms with Crippen LogP contribution in [0.5, 0.6) is 0 Å². The Labute approximate surface area is 110 Å². The molecule has 90 valence electrons. The SMILES string of the molecule is C=CCB(c1ccccc1)c1ccccc1CC. The van der Waals surface area contributed by atoms with E-state index in [1.54, 1.807) is 0 Å². The molecule has 0 aliphatic heterocycles. The van der Waals surface area contributed by atoms with E-state index < -0.39 is 0 Å². The summed E-state index contributed by atoms with van der Waals surface area (Å²) in [7, 11) is 0. The molecule has 0 saturated heterocycles. The van der Waals surface area contributed by atoms with Crippen molar-refractivity contribution in [1.82, 2.24) is 0 Å². The van der Waals surface area contributed by atoms with Gasteiger partial charge in [-0.25, -0.2) is 0 Å². The summed E-state index contributed by atoms with van der Waals surface area (Å²) in [5, 5.41) is 0. The summed E-state index contributed by atoms with van der Waals surface area (Å²) in [5.74, 6) is 0. The van der Waals surface area contributed by atoms with Gasteiger partial charge in [0.15, 0.2) is 0 Å². The number of hydrogen-bond acceptors (Lipinski definition) is 0. The van der Waals surface area contributed by atoms with Crippen molar-refractivity contribution in [2.45, 2.75) is 19.7 Å². The summed E-state index contributed by atoms with van der Waals surface area (Å²) in [4.78, 5) is 0. The minimum atomic E-state index is 0.430. The zero-order valence-corrected chi connectivity index (χ0v) is 11.0. The third-order valence-corrected chi connectivity index (χ3v) is 3.42. The van der Waals surface area contributed by atoms with Gasteiger partial charge in [0, 0.05) is 0 Å². The Morgan fingerprint density at radius 1 is 1.00 bits per heavy atom. The first-order valence-corrected chi connectivity index (χ1v) is 6.60. The van der Waals surface area contributed by atoms with Crippen LogP contribution in [-0.2, 0) is 6.42 Å². The molecule has 0 N–H and O–H groups in total. The molecule has 0 amide bonds. The minimum Gasteiger partial charge on any atom is -0.104 e. The Morgan fingerprint density at radius 3 is 2.33 bits per heavy atom. The molecular weight excluding hydrogens is 215 g/mol. The monoisotopic (exact) mass is 234 g/mol. The van der Waals surface area contributed by atoms with Gasteiger partial charge in [-0.1, -0.05) is 84.1 Å². The van der Waals surface area contributed by atoms with Crippen LogP contribution < -0.4 is 10.9 Å². The van der Waals surface area contributed by atoms with Gasteiger partial charge >= 0.3 is 0 Å². The van der Waals surface area contributed by atoms with E-state index in [0.29, 0.717) is 6.71 Å². The summed E-state index contributed by atoms with van der Waals surface area (Å²) < 4.78 is 0. The second kappa shape index (κ2) is 6.25. The minimum absolute atomic E-state index is 0.430. The molecule has 0 aliphatic carbocycles. The molecule has 18 heavy (non-hydrogen) atoms. The molecular formula is C17H19B. The van der Waals surface area contributed by atoms with Crippen LogP contribution in [0.1, 0.15) is 12.5 Å². The molecule has 0 spiro atoms. The zero-order valence-electron chi connectivity index (χ0n) is 11.0. The predicted octanol–water partition coefficient (Wildman–Crippen LogP) is 3.04. The van der Waals surface area contributed by atoms with Crippen molar-refractivity contribution in [3.05, 3.63) is 72.8 Å². The van der Waals surface area contributed by atoms with Crippen molar-refractivity contribution in [2.75, 3.05) is 0 Å². The van der Waals surface area contributed by atoms with E-state index in [1.807, 2.05) is 6.08 Å². The van der Waals surface area contributed by atoms with Crippen molar-refractivity contribution in [3.8, 4) is 0 Å². The maximum Gasteiger partial charge on any atom is 0.213 e. The van der Waals surface area contributed by atoms with Crippen molar-refractivity contribution in [2.24, 2.45) is 0 Å². The first kappa shape index (κ1) is 12.7. The van der Waals surface area contributed by atoms with Crippen molar-refractivity contribution < 1.29 is 0 Å². The van der Waals surface area contributed by atoms with Crippen molar-refractivity contribution in [3.63, 3.8) is 0 Å². The first-order chi connectivity index (χ1) is 8.86. The quantitative estimate of drug-likeness (QED) is 0.551. The molecule has 0 radical (unpaired) electrons. The number of benzene rings is 2. The van der Waals surface area contributed by atoms with Crippen LogP contribution in [0.25, 0.3) is 0 Å². The highest BCUT2D eigenvalue weighted by Gasteiger charge is 2.19. The zero-order chi connectivity index (χ0) is 12.8. The molecule has 0 aliphatic rings. The molecule has 2 rings (SSSR count). The highest BCUT2D eigenvalue weighted by Crippen LogP contribution is 2.04. The number of hydrogen-bond donors (Lipinski definition) is 0. The first-order valence-electron chi connectivity index (χ1n) is 6.60. The van der Waals surface area contributed by atoms with E-state index >= 15 is 0 Å². The van der Waals surface area contributed by atoms with Crippen molar-refractivity contribution >= 4 is 17.6 Å². The van der Waals surface area contributed by atoms with Gasteiger partial charge in [-0.2, -0.15) is 0 Å². The van der Waals surface area contributed by atoms with Gasteiger partial charge in [-0.3, -0.25) is 0 Å². The van der Waals surface area contributed by atoms with E-state index in [2.05, 4.69) is 68.1 Å². The highest BCUT2D eigenvalue weighted by molar-refractivity contribution is 6.85. The fourth-order valence-corrected chi connectivity index (χ4v) is 2.49. The molecule has 0 heterocycles. The van der Waals surface area contributed by atoms with Gasteiger partial charge in [0.25, 0.3) is 0 Å². The molecule has 0 nitrogen and oxygen atoms in total. The second-order valence-electron chi connectivity index (χ2n) is 4.54. The lowest BCUT2D eigenvalue weighted by Crippen LogP contribution is -2.43. The lowest BCUT2D eigenvalue weighted by Gasteiger charge is -2.16. The maximum atomic E-state index is 3.91. The molecule has 0 aromatic heterocycles. The third-order valence-electron chi connectivity index (χ3n) is 3.42. The van der Waals surface area contributed by atoms with Crippen LogP contribution in [0.15, 0.2) is 67.3 Å². The lowest BCUT2D eigenvalue weighted by molar-refractivity contribution is 1.15. The molecule has 0 bridgehead atoms. The summed E-state index contributed by atoms with van der Waals surface area (Å²) in [6.07, 6.45) is 4.09. The number of allylic oxidation sites excluding steroid dienone is 1.